The Hall–Kier alpha value is -3.25. The number of hydrogen-bond acceptors (Lipinski definition) is 5. The number of nitrogens with two attached hydrogens (primary N) is 2. The van der Waals surface area contributed by atoms with Gasteiger partial charge in [-0.1, -0.05) is 37.6 Å². The lowest BCUT2D eigenvalue weighted by Crippen LogP contribution is -2.04. The van der Waals surface area contributed by atoms with Crippen LogP contribution in [0.2, 0.25) is 0 Å². The van der Waals surface area contributed by atoms with Gasteiger partial charge >= 0.3 is 5.51 Å². The highest BCUT2D eigenvalue weighted by atomic mass is 32.2. The Morgan fingerprint density at radius 2 is 2.07 bits per heavy atom. The molecule has 30 heavy (non-hydrogen) atoms. The van der Waals surface area contributed by atoms with Gasteiger partial charge in [0.2, 0.25) is 0 Å². The van der Waals surface area contributed by atoms with Crippen molar-refractivity contribution >= 4 is 34.5 Å². The maximum Gasteiger partial charge on any atom is 0.446 e. The minimum atomic E-state index is -4.47. The fourth-order valence-corrected chi connectivity index (χ4v) is 3.56. The molecule has 5 nitrogen and oxygen atoms in total. The molecule has 0 saturated heterocycles. The summed E-state index contributed by atoms with van der Waals surface area (Å²) < 4.78 is 40.4. The minimum Gasteiger partial charge on any atom is -0.399 e. The van der Waals surface area contributed by atoms with Gasteiger partial charge in [0.1, 0.15) is 11.5 Å². The molecule has 3 aromatic rings. The molecule has 0 aliphatic heterocycles. The van der Waals surface area contributed by atoms with E-state index in [0.717, 1.165) is 23.2 Å². The van der Waals surface area contributed by atoms with E-state index in [1.807, 2.05) is 25.1 Å². The predicted molar refractivity (Wildman–Crippen MR) is 116 cm³/mol. The molecule has 0 unspecified atom stereocenters. The molecule has 1 aromatic carbocycles. The molecule has 156 valence electrons. The normalized spacial score (nSPS) is 11.2. The van der Waals surface area contributed by atoms with Crippen LogP contribution in [0.1, 0.15) is 23.7 Å². The number of halogens is 3. The second-order valence-electron chi connectivity index (χ2n) is 6.38. The molecule has 0 spiro atoms. The Morgan fingerprint density at radius 3 is 2.73 bits per heavy atom. The predicted octanol–water partition coefficient (Wildman–Crippen LogP) is 4.48. The number of aryl methyl sites for hydroxylation is 1. The van der Waals surface area contributed by atoms with E-state index in [0.29, 0.717) is 5.70 Å². The van der Waals surface area contributed by atoms with Crippen molar-refractivity contribution in [1.29, 1.82) is 0 Å². The molecule has 0 radical (unpaired) electrons. The van der Waals surface area contributed by atoms with E-state index < -0.39 is 5.51 Å². The van der Waals surface area contributed by atoms with Gasteiger partial charge in [-0.15, -0.1) is 0 Å². The summed E-state index contributed by atoms with van der Waals surface area (Å²) in [6.07, 6.45) is 0.797. The van der Waals surface area contributed by atoms with Crippen molar-refractivity contribution in [1.82, 2.24) is 9.61 Å². The molecular weight excluding hydrogens is 411 g/mol. The fraction of sp³-hybridized carbons (Fsp3) is 0.190. The number of nitrogen functional groups attached to an aromatic ring is 1. The van der Waals surface area contributed by atoms with E-state index in [2.05, 4.69) is 28.8 Å². The first-order valence-electron chi connectivity index (χ1n) is 9.03. The van der Waals surface area contributed by atoms with E-state index in [1.165, 1.54) is 10.6 Å². The summed E-state index contributed by atoms with van der Waals surface area (Å²) in [6, 6.07) is 10.4. The highest BCUT2D eigenvalue weighted by Crippen LogP contribution is 2.40. The maximum absolute atomic E-state index is 13.0. The van der Waals surface area contributed by atoms with Gasteiger partial charge in [0, 0.05) is 11.4 Å². The zero-order valence-corrected chi connectivity index (χ0v) is 17.0. The molecule has 0 aliphatic carbocycles. The Labute approximate surface area is 176 Å². The van der Waals surface area contributed by atoms with Crippen molar-refractivity contribution in [3.63, 3.8) is 0 Å². The number of benzene rings is 1. The number of nitrogens with zero attached hydrogens (tertiary/aromatic N) is 2. The zero-order valence-electron chi connectivity index (χ0n) is 16.2. The summed E-state index contributed by atoms with van der Waals surface area (Å²) in [4.78, 5) is -0.0713. The monoisotopic (exact) mass is 431 g/mol. The first-order valence-corrected chi connectivity index (χ1v) is 9.84. The number of alkyl halides is 3. The first-order chi connectivity index (χ1) is 14.2. The lowest BCUT2D eigenvalue weighted by molar-refractivity contribution is -0.0327. The van der Waals surface area contributed by atoms with Gasteiger partial charge in [-0.25, -0.2) is 4.52 Å². The highest BCUT2D eigenvalue weighted by molar-refractivity contribution is 8.00. The summed E-state index contributed by atoms with van der Waals surface area (Å²) in [5.74, 6) is 5.81. The molecule has 0 bridgehead atoms. The average Bonchev–Trinajstić information content (AvgIpc) is 3.02. The van der Waals surface area contributed by atoms with Crippen molar-refractivity contribution < 1.29 is 13.2 Å². The number of fused-ring (bicyclic) bond motifs is 1. The Bertz CT molecular complexity index is 1160. The summed E-state index contributed by atoms with van der Waals surface area (Å²) in [5.41, 5.74) is 10.6. The van der Waals surface area contributed by atoms with Gasteiger partial charge in [-0.3, -0.25) is 0 Å². The number of pyridine rings is 1. The molecule has 3 rings (SSSR count). The van der Waals surface area contributed by atoms with Crippen molar-refractivity contribution in [3.8, 4) is 11.8 Å². The van der Waals surface area contributed by atoms with Crippen LogP contribution in [0.4, 0.5) is 24.7 Å². The third-order valence-corrected chi connectivity index (χ3v) is 5.13. The zero-order chi connectivity index (χ0) is 21.9. The van der Waals surface area contributed by atoms with Gasteiger partial charge in [0.15, 0.2) is 0 Å². The summed E-state index contributed by atoms with van der Waals surface area (Å²) in [5, 5.41) is 7.34. The van der Waals surface area contributed by atoms with Gasteiger partial charge in [0.05, 0.1) is 17.0 Å². The Kier molecular flexibility index (Phi) is 6.17. The van der Waals surface area contributed by atoms with Gasteiger partial charge in [-0.05, 0) is 53.4 Å². The SMILES string of the molecule is C=C(N)c1ccc(CC)c(NCC#Cc2nn3c(N)cccc3c2SC(F)(F)F)c1. The summed E-state index contributed by atoms with van der Waals surface area (Å²) in [7, 11) is 0. The molecule has 2 aromatic heterocycles. The second kappa shape index (κ2) is 8.63. The van der Waals surface area contributed by atoms with Crippen LogP contribution < -0.4 is 16.8 Å². The maximum atomic E-state index is 13.0. The molecule has 0 aliphatic rings. The van der Waals surface area contributed by atoms with E-state index in [4.69, 9.17) is 11.5 Å². The van der Waals surface area contributed by atoms with Crippen molar-refractivity contribution in [2.24, 2.45) is 5.73 Å². The number of thioether (sulfide) groups is 1. The number of rotatable bonds is 5. The highest BCUT2D eigenvalue weighted by Gasteiger charge is 2.32. The lowest BCUT2D eigenvalue weighted by atomic mass is 10.1. The third kappa shape index (κ3) is 4.83. The lowest BCUT2D eigenvalue weighted by Gasteiger charge is -2.11. The number of hydrogen-bond donors (Lipinski definition) is 3. The molecule has 0 atom stereocenters. The third-order valence-electron chi connectivity index (χ3n) is 4.29. The van der Waals surface area contributed by atoms with E-state index in [-0.39, 0.29) is 40.2 Å². The largest absolute Gasteiger partial charge is 0.446 e. The molecule has 9 heteroatoms. The van der Waals surface area contributed by atoms with E-state index in [1.54, 1.807) is 12.1 Å². The van der Waals surface area contributed by atoms with Crippen LogP contribution in [0.3, 0.4) is 0 Å². The van der Waals surface area contributed by atoms with Crippen LogP contribution in [-0.4, -0.2) is 21.7 Å². The second-order valence-corrected chi connectivity index (χ2v) is 7.45. The fourth-order valence-electron chi connectivity index (χ4n) is 2.88. The van der Waals surface area contributed by atoms with Crippen molar-refractivity contribution in [3.05, 3.63) is 59.8 Å². The topological polar surface area (TPSA) is 81.4 Å². The molecule has 0 amide bonds. The molecule has 5 N–H and O–H groups in total. The van der Waals surface area contributed by atoms with Crippen LogP contribution in [0.5, 0.6) is 0 Å². The standard InChI is InChI=1S/C21H20F3N5S/c1-3-14-9-10-15(13(2)25)12-17(14)27-11-5-6-16-20(30-21(22,23)24)18-7-4-8-19(26)29(18)28-16/h4,7-10,12,27H,2-3,11,25-26H2,1H3. The van der Waals surface area contributed by atoms with Crippen LogP contribution in [0.25, 0.3) is 11.2 Å². The molecule has 0 saturated carbocycles. The minimum absolute atomic E-state index is 0.0248. The molecule has 0 fully saturated rings. The van der Waals surface area contributed by atoms with Gasteiger partial charge in [0.25, 0.3) is 0 Å². The van der Waals surface area contributed by atoms with Crippen molar-refractivity contribution in [2.45, 2.75) is 23.7 Å². The average molecular weight is 431 g/mol. The van der Waals surface area contributed by atoms with Crippen LogP contribution in [-0.2, 0) is 6.42 Å². The molecular formula is C21H20F3N5S. The number of anilines is 2. The first kappa shape index (κ1) is 21.5. The Morgan fingerprint density at radius 1 is 1.30 bits per heavy atom. The quantitative estimate of drug-likeness (QED) is 0.410. The smallest absolute Gasteiger partial charge is 0.399 e. The number of nitrogens with one attached hydrogen (secondary N) is 1. The number of aromatic nitrogens is 2. The van der Waals surface area contributed by atoms with Crippen LogP contribution in [0, 0.1) is 11.8 Å². The Balaban J connectivity index is 1.88. The van der Waals surface area contributed by atoms with Gasteiger partial charge < -0.3 is 16.8 Å². The van der Waals surface area contributed by atoms with Gasteiger partial charge in [-0.2, -0.15) is 18.3 Å². The summed E-state index contributed by atoms with van der Waals surface area (Å²) >= 11 is -0.248. The van der Waals surface area contributed by atoms with Crippen LogP contribution in [0.15, 0.2) is 47.9 Å². The van der Waals surface area contributed by atoms with E-state index in [9.17, 15) is 13.2 Å². The van der Waals surface area contributed by atoms with E-state index >= 15 is 0 Å². The van der Waals surface area contributed by atoms with Crippen LogP contribution >= 0.6 is 11.8 Å². The van der Waals surface area contributed by atoms with Crippen molar-refractivity contribution in [2.75, 3.05) is 17.6 Å². The molecule has 2 heterocycles. The summed E-state index contributed by atoms with van der Waals surface area (Å²) in [6.45, 7) is 5.97.